The zero-order valence-electron chi connectivity index (χ0n) is 18.8. The van der Waals surface area contributed by atoms with Gasteiger partial charge < -0.3 is 30.9 Å². The van der Waals surface area contributed by atoms with Gasteiger partial charge in [-0.25, -0.2) is 9.59 Å². The van der Waals surface area contributed by atoms with E-state index in [1.165, 1.54) is 28.8 Å². The molecule has 2 saturated heterocycles. The third-order valence-electron chi connectivity index (χ3n) is 6.78. The number of amides is 2. The van der Waals surface area contributed by atoms with Crippen LogP contribution in [0.15, 0.2) is 34.9 Å². The van der Waals surface area contributed by atoms with Crippen LogP contribution in [0.3, 0.4) is 0 Å². The molecule has 4 rings (SSSR count). The maximum absolute atomic E-state index is 12.9. The molecule has 11 heteroatoms. The molecule has 34 heavy (non-hydrogen) atoms. The molecule has 0 bridgehead atoms. The number of anilines is 1. The third-order valence-corrected chi connectivity index (χ3v) is 8.36. The smallest absolute Gasteiger partial charge is 0.353 e. The molecule has 0 aromatic heterocycles. The standard InChI is InChI=1S/C23H27N3O7S/c1-10-17-16(11(2)27)21(29)26(17)18(23(32)33)19(10)34-14-6-7-24-15(9-14)20(28)25-13-5-3-4-12(8-13)22(30)31/h3-5,8,10-11,14-17,24,27H,6-7,9H2,1-2H3,(H,25,28)(H,30,31)(H,32,33)/p+1/t10-,11-,14-,15+,16-,17-/m1/s1. The number of aliphatic carboxylic acids is 1. The van der Waals surface area contributed by atoms with Crippen LogP contribution in [0.4, 0.5) is 5.69 Å². The molecule has 0 unspecified atom stereocenters. The first-order valence-corrected chi connectivity index (χ1v) is 12.1. The second-order valence-corrected chi connectivity index (χ2v) is 10.4. The van der Waals surface area contributed by atoms with Gasteiger partial charge in [0.25, 0.3) is 5.91 Å². The molecule has 10 nitrogen and oxygen atoms in total. The zero-order chi connectivity index (χ0) is 24.7. The van der Waals surface area contributed by atoms with Crippen LogP contribution in [0.2, 0.25) is 0 Å². The van der Waals surface area contributed by atoms with Crippen molar-refractivity contribution in [2.75, 3.05) is 11.9 Å². The number of rotatable bonds is 7. The van der Waals surface area contributed by atoms with Crippen molar-refractivity contribution in [3.8, 4) is 0 Å². The summed E-state index contributed by atoms with van der Waals surface area (Å²) in [7, 11) is 0. The van der Waals surface area contributed by atoms with Crippen LogP contribution < -0.4 is 10.6 Å². The summed E-state index contributed by atoms with van der Waals surface area (Å²) in [5.74, 6) is -3.67. The Morgan fingerprint density at radius 1 is 1.24 bits per heavy atom. The van der Waals surface area contributed by atoms with Crippen molar-refractivity contribution in [3.63, 3.8) is 0 Å². The van der Waals surface area contributed by atoms with Gasteiger partial charge in [-0.05, 0) is 25.1 Å². The van der Waals surface area contributed by atoms with Gasteiger partial charge in [-0.2, -0.15) is 0 Å². The number of β-lactam (4-membered cyclic amide) rings is 1. The molecule has 0 radical (unpaired) electrons. The molecule has 3 aliphatic rings. The van der Waals surface area contributed by atoms with Gasteiger partial charge in [0.15, 0.2) is 6.04 Å². The number of benzene rings is 1. The lowest BCUT2D eigenvalue weighted by Gasteiger charge is -2.46. The molecular formula is C23H28N3O7S+. The van der Waals surface area contributed by atoms with Crippen molar-refractivity contribution in [2.45, 2.75) is 50.1 Å². The number of nitrogens with one attached hydrogen (secondary N) is 1. The number of carboxylic acid groups (broad SMARTS) is 2. The van der Waals surface area contributed by atoms with Crippen molar-refractivity contribution in [1.82, 2.24) is 4.90 Å². The molecule has 2 fully saturated rings. The van der Waals surface area contributed by atoms with Crippen molar-refractivity contribution < 1.29 is 39.8 Å². The van der Waals surface area contributed by atoms with Crippen LogP contribution in [0.1, 0.15) is 37.0 Å². The largest absolute Gasteiger partial charge is 0.478 e. The number of aliphatic hydroxyl groups excluding tert-OH is 1. The lowest BCUT2D eigenvalue weighted by Crippen LogP contribution is -2.94. The monoisotopic (exact) mass is 490 g/mol. The number of fused-ring (bicyclic) bond motifs is 1. The van der Waals surface area contributed by atoms with Crippen LogP contribution in [-0.2, 0) is 14.4 Å². The first kappa shape index (κ1) is 24.2. The number of thioether (sulfide) groups is 1. The molecule has 0 spiro atoms. The molecular weight excluding hydrogens is 462 g/mol. The van der Waals surface area contributed by atoms with E-state index in [-0.39, 0.29) is 40.3 Å². The minimum absolute atomic E-state index is 0.00885. The summed E-state index contributed by atoms with van der Waals surface area (Å²) in [4.78, 5) is 50.5. The number of nitrogens with zero attached hydrogens (tertiary/aromatic N) is 1. The molecule has 6 atom stereocenters. The lowest BCUT2D eigenvalue weighted by molar-refractivity contribution is -0.683. The second-order valence-electron chi connectivity index (χ2n) is 9.04. The maximum Gasteiger partial charge on any atom is 0.353 e. The first-order valence-electron chi connectivity index (χ1n) is 11.2. The Balaban J connectivity index is 1.46. The predicted molar refractivity (Wildman–Crippen MR) is 123 cm³/mol. The number of quaternary nitrogens is 1. The van der Waals surface area contributed by atoms with E-state index in [1.54, 1.807) is 19.1 Å². The van der Waals surface area contributed by atoms with Gasteiger partial charge >= 0.3 is 11.9 Å². The Morgan fingerprint density at radius 3 is 2.62 bits per heavy atom. The molecule has 3 aliphatic heterocycles. The van der Waals surface area contributed by atoms with E-state index in [2.05, 4.69) is 5.32 Å². The number of nitrogens with two attached hydrogens (primary N) is 1. The van der Waals surface area contributed by atoms with Gasteiger partial charge in [0.1, 0.15) is 5.70 Å². The van der Waals surface area contributed by atoms with Gasteiger partial charge in [0.2, 0.25) is 5.91 Å². The summed E-state index contributed by atoms with van der Waals surface area (Å²) in [5, 5.41) is 33.7. The van der Waals surface area contributed by atoms with Gasteiger partial charge in [-0.15, -0.1) is 11.8 Å². The van der Waals surface area contributed by atoms with E-state index in [4.69, 9.17) is 5.11 Å². The van der Waals surface area contributed by atoms with E-state index in [9.17, 15) is 29.4 Å². The number of hydrogen-bond acceptors (Lipinski definition) is 6. The topological polar surface area (TPSA) is 161 Å². The zero-order valence-corrected chi connectivity index (χ0v) is 19.6. The van der Waals surface area contributed by atoms with E-state index in [0.29, 0.717) is 23.6 Å². The highest BCUT2D eigenvalue weighted by Crippen LogP contribution is 2.51. The number of aromatic carboxylic acids is 1. The van der Waals surface area contributed by atoms with E-state index in [1.807, 2.05) is 12.2 Å². The SMILES string of the molecule is C[C@@H](O)[C@H]1C(=O)N2C(C(=O)O)=C(S[C@@H]3CC[NH2+][C@H](C(=O)Nc4cccc(C(=O)O)c4)C3)[C@H](C)[C@H]12. The predicted octanol–water partition coefficient (Wildman–Crippen LogP) is 0.305. The number of aliphatic hydroxyl groups is 1. The van der Waals surface area contributed by atoms with Crippen molar-refractivity contribution >= 4 is 41.2 Å². The van der Waals surface area contributed by atoms with Crippen LogP contribution in [-0.4, -0.2) is 74.0 Å². The average molecular weight is 491 g/mol. The molecule has 1 aromatic carbocycles. The molecule has 3 heterocycles. The summed E-state index contributed by atoms with van der Waals surface area (Å²) in [5.41, 5.74) is 0.475. The Labute approximate surface area is 200 Å². The number of hydrogen-bond donors (Lipinski definition) is 5. The van der Waals surface area contributed by atoms with Crippen LogP contribution in [0.5, 0.6) is 0 Å². The summed E-state index contributed by atoms with van der Waals surface area (Å²) in [6.07, 6.45) is 0.411. The first-order chi connectivity index (χ1) is 16.1. The van der Waals surface area contributed by atoms with E-state index >= 15 is 0 Å². The van der Waals surface area contributed by atoms with Crippen molar-refractivity contribution in [2.24, 2.45) is 11.8 Å². The van der Waals surface area contributed by atoms with Gasteiger partial charge in [0, 0.05) is 34.6 Å². The number of carboxylic acids is 2. The highest BCUT2D eigenvalue weighted by atomic mass is 32.2. The quantitative estimate of drug-likeness (QED) is 0.341. The van der Waals surface area contributed by atoms with Crippen LogP contribution >= 0.6 is 11.8 Å². The molecule has 182 valence electrons. The molecule has 0 saturated carbocycles. The minimum Gasteiger partial charge on any atom is -0.478 e. The fourth-order valence-electron chi connectivity index (χ4n) is 5.12. The number of carbonyl (C=O) groups is 4. The maximum atomic E-state index is 12.9. The fraction of sp³-hybridized carbons (Fsp3) is 0.478. The summed E-state index contributed by atoms with van der Waals surface area (Å²) in [6.45, 7) is 4.11. The minimum atomic E-state index is -1.16. The summed E-state index contributed by atoms with van der Waals surface area (Å²) < 4.78 is 0. The highest BCUT2D eigenvalue weighted by molar-refractivity contribution is 8.03. The lowest BCUT2D eigenvalue weighted by atomic mass is 9.79. The van der Waals surface area contributed by atoms with Gasteiger partial charge in [-0.1, -0.05) is 13.0 Å². The Hall–Kier alpha value is -2.89. The normalized spacial score (nSPS) is 29.3. The molecule has 1 aromatic rings. The molecule has 2 amide bonds. The van der Waals surface area contributed by atoms with Crippen LogP contribution in [0, 0.1) is 11.8 Å². The van der Waals surface area contributed by atoms with Crippen molar-refractivity contribution in [3.05, 3.63) is 40.4 Å². The van der Waals surface area contributed by atoms with E-state index < -0.39 is 30.0 Å². The second kappa shape index (κ2) is 9.40. The number of piperidine rings is 1. The Kier molecular flexibility index (Phi) is 6.70. The summed E-state index contributed by atoms with van der Waals surface area (Å²) in [6, 6.07) is 5.27. The Bertz CT molecular complexity index is 1070. The van der Waals surface area contributed by atoms with Crippen molar-refractivity contribution in [1.29, 1.82) is 0 Å². The van der Waals surface area contributed by atoms with Gasteiger partial charge in [-0.3, -0.25) is 9.59 Å². The molecule has 0 aliphatic carbocycles. The number of carbonyl (C=O) groups excluding carboxylic acids is 2. The van der Waals surface area contributed by atoms with E-state index in [0.717, 1.165) is 6.42 Å². The molecule has 6 N–H and O–H groups in total. The third kappa shape index (κ3) is 4.30. The van der Waals surface area contributed by atoms with Gasteiger partial charge in [0.05, 0.1) is 30.2 Å². The van der Waals surface area contributed by atoms with Crippen LogP contribution in [0.25, 0.3) is 0 Å². The Morgan fingerprint density at radius 2 is 1.97 bits per heavy atom. The fourth-order valence-corrected chi connectivity index (χ4v) is 6.69. The average Bonchev–Trinajstić information content (AvgIpc) is 3.02. The summed E-state index contributed by atoms with van der Waals surface area (Å²) >= 11 is 1.42. The highest BCUT2D eigenvalue weighted by Gasteiger charge is 2.60.